The lowest BCUT2D eigenvalue weighted by atomic mass is 9.93. The Morgan fingerprint density at radius 3 is 1.96 bits per heavy atom. The van der Waals surface area contributed by atoms with Crippen molar-refractivity contribution in [2.24, 2.45) is 0 Å². The average molecular weight is 354 g/mol. The molecule has 1 aliphatic carbocycles. The number of carbonyl (C=O) groups excluding carboxylic acids is 1. The molecule has 0 aliphatic heterocycles. The second-order valence-electron chi connectivity index (χ2n) is 5.89. The quantitative estimate of drug-likeness (QED) is 0.603. The Labute approximate surface area is 127 Å². The van der Waals surface area contributed by atoms with Gasteiger partial charge in [0.05, 0.1) is 6.42 Å². The van der Waals surface area contributed by atoms with E-state index in [0.717, 1.165) is 6.42 Å². The molecule has 0 amide bonds. The molecule has 1 saturated carbocycles. The van der Waals surface area contributed by atoms with Crippen molar-refractivity contribution in [1.82, 2.24) is 0 Å². The number of carbonyl (C=O) groups is 1. The van der Waals surface area contributed by atoms with Gasteiger partial charge < -0.3 is 9.84 Å². The highest BCUT2D eigenvalue weighted by Crippen LogP contribution is 2.49. The van der Waals surface area contributed by atoms with Crippen molar-refractivity contribution in [3.05, 3.63) is 0 Å². The minimum Gasteiger partial charge on any atom is -0.460 e. The number of alkyl halides is 7. The molecule has 0 radical (unpaired) electrons. The fourth-order valence-corrected chi connectivity index (χ4v) is 2.28. The Kier molecular flexibility index (Phi) is 5.60. The molecular formula is C13H17F7O3. The molecule has 1 fully saturated rings. The van der Waals surface area contributed by atoms with E-state index in [4.69, 9.17) is 4.74 Å². The summed E-state index contributed by atoms with van der Waals surface area (Å²) in [5, 5.41) is 9.62. The molecular weight excluding hydrogens is 337 g/mol. The van der Waals surface area contributed by atoms with Crippen LogP contribution in [0.2, 0.25) is 0 Å². The standard InChI is InChI=1S/C13H17F7O3/c1-10(22,9(21)23-8-5-3-2-4-6-8)7-11(14,15)12(16,17)13(18,19)20/h8,22H,2-7H2,1H3. The molecule has 23 heavy (non-hydrogen) atoms. The number of rotatable bonds is 5. The molecule has 1 N–H and O–H groups in total. The van der Waals surface area contributed by atoms with Gasteiger partial charge in [0.25, 0.3) is 0 Å². The summed E-state index contributed by atoms with van der Waals surface area (Å²) in [6.07, 6.45) is -6.49. The molecule has 0 aromatic carbocycles. The summed E-state index contributed by atoms with van der Waals surface area (Å²) < 4.78 is 93.1. The lowest BCUT2D eigenvalue weighted by Gasteiger charge is -2.33. The summed E-state index contributed by atoms with van der Waals surface area (Å²) in [5.74, 6) is -13.7. The van der Waals surface area contributed by atoms with E-state index in [1.807, 2.05) is 0 Å². The van der Waals surface area contributed by atoms with Gasteiger partial charge in [-0.05, 0) is 32.6 Å². The van der Waals surface area contributed by atoms with Crippen LogP contribution in [0.4, 0.5) is 30.7 Å². The highest BCUT2D eigenvalue weighted by atomic mass is 19.4. The third-order valence-electron chi connectivity index (χ3n) is 3.65. The molecule has 1 unspecified atom stereocenters. The van der Waals surface area contributed by atoms with Crippen LogP contribution in [0.25, 0.3) is 0 Å². The van der Waals surface area contributed by atoms with Gasteiger partial charge in [0.1, 0.15) is 6.10 Å². The van der Waals surface area contributed by atoms with E-state index >= 15 is 0 Å². The Balaban J connectivity index is 2.80. The van der Waals surface area contributed by atoms with Gasteiger partial charge in [-0.3, -0.25) is 0 Å². The smallest absolute Gasteiger partial charge is 0.459 e. The summed E-state index contributed by atoms with van der Waals surface area (Å²) in [6.45, 7) is 0.429. The highest BCUT2D eigenvalue weighted by molar-refractivity contribution is 5.79. The number of hydrogen-bond acceptors (Lipinski definition) is 3. The molecule has 1 aliphatic rings. The van der Waals surface area contributed by atoms with Crippen LogP contribution in [-0.4, -0.2) is 40.8 Å². The van der Waals surface area contributed by atoms with E-state index in [1.54, 1.807) is 0 Å². The van der Waals surface area contributed by atoms with Crippen LogP contribution in [0.5, 0.6) is 0 Å². The summed E-state index contributed by atoms with van der Waals surface area (Å²) in [6, 6.07) is 0. The van der Waals surface area contributed by atoms with Crippen molar-refractivity contribution >= 4 is 5.97 Å². The highest BCUT2D eigenvalue weighted by Gasteiger charge is 2.74. The van der Waals surface area contributed by atoms with E-state index in [1.165, 1.54) is 0 Å². The van der Waals surface area contributed by atoms with Crippen molar-refractivity contribution < 1.29 is 45.4 Å². The lowest BCUT2D eigenvalue weighted by molar-refractivity contribution is -0.360. The summed E-state index contributed by atoms with van der Waals surface area (Å²) in [7, 11) is 0. The molecule has 0 bridgehead atoms. The maximum Gasteiger partial charge on any atom is 0.459 e. The third kappa shape index (κ3) is 4.48. The zero-order valence-electron chi connectivity index (χ0n) is 12.2. The SMILES string of the molecule is CC(O)(CC(F)(F)C(F)(F)C(F)(F)F)C(=O)OC1CCCCC1. The minimum atomic E-state index is -6.51. The van der Waals surface area contributed by atoms with E-state index < -0.39 is 42.1 Å². The second kappa shape index (κ2) is 6.45. The maximum absolute atomic E-state index is 13.3. The summed E-state index contributed by atoms with van der Waals surface area (Å²) in [5.41, 5.74) is -3.17. The van der Waals surface area contributed by atoms with Crippen LogP contribution < -0.4 is 0 Å². The van der Waals surface area contributed by atoms with Crippen LogP contribution in [0.15, 0.2) is 0 Å². The Hall–Kier alpha value is -1.06. The summed E-state index contributed by atoms with van der Waals surface area (Å²) >= 11 is 0. The Morgan fingerprint density at radius 2 is 1.52 bits per heavy atom. The van der Waals surface area contributed by atoms with E-state index in [2.05, 4.69) is 0 Å². The lowest BCUT2D eigenvalue weighted by Crippen LogP contribution is -2.56. The molecule has 1 atom stereocenters. The van der Waals surface area contributed by atoms with Crippen molar-refractivity contribution in [2.45, 2.75) is 75.2 Å². The van der Waals surface area contributed by atoms with Gasteiger partial charge >= 0.3 is 24.0 Å². The first-order chi connectivity index (χ1) is 10.2. The molecule has 0 heterocycles. The molecule has 10 heteroatoms. The van der Waals surface area contributed by atoms with E-state index in [-0.39, 0.29) is 0 Å². The molecule has 0 aromatic rings. The first-order valence-electron chi connectivity index (χ1n) is 6.96. The van der Waals surface area contributed by atoms with Gasteiger partial charge in [-0.15, -0.1) is 0 Å². The monoisotopic (exact) mass is 354 g/mol. The fourth-order valence-electron chi connectivity index (χ4n) is 2.28. The third-order valence-corrected chi connectivity index (χ3v) is 3.65. The van der Waals surface area contributed by atoms with Crippen molar-refractivity contribution in [3.8, 4) is 0 Å². The van der Waals surface area contributed by atoms with Gasteiger partial charge in [-0.1, -0.05) is 6.42 Å². The number of esters is 1. The molecule has 3 nitrogen and oxygen atoms in total. The normalized spacial score (nSPS) is 20.9. The predicted molar refractivity (Wildman–Crippen MR) is 64.2 cm³/mol. The second-order valence-corrected chi connectivity index (χ2v) is 5.89. The maximum atomic E-state index is 13.3. The Morgan fingerprint density at radius 1 is 1.04 bits per heavy atom. The van der Waals surface area contributed by atoms with Gasteiger partial charge in [-0.2, -0.15) is 30.7 Å². The minimum absolute atomic E-state index is 0.414. The first-order valence-corrected chi connectivity index (χ1v) is 6.96. The number of aliphatic hydroxyl groups is 1. The summed E-state index contributed by atoms with van der Waals surface area (Å²) in [4.78, 5) is 11.7. The Bertz CT molecular complexity index is 426. The van der Waals surface area contributed by atoms with Crippen LogP contribution in [0.3, 0.4) is 0 Å². The predicted octanol–water partition coefficient (Wildman–Crippen LogP) is 3.84. The van der Waals surface area contributed by atoms with Crippen LogP contribution in [-0.2, 0) is 9.53 Å². The average Bonchev–Trinajstić information content (AvgIpc) is 2.37. The van der Waals surface area contributed by atoms with Gasteiger partial charge in [0, 0.05) is 0 Å². The molecule has 1 rings (SSSR count). The van der Waals surface area contributed by atoms with E-state index in [0.29, 0.717) is 32.6 Å². The zero-order valence-corrected chi connectivity index (χ0v) is 12.2. The van der Waals surface area contributed by atoms with Crippen LogP contribution >= 0.6 is 0 Å². The molecule has 136 valence electrons. The van der Waals surface area contributed by atoms with Gasteiger partial charge in [0.15, 0.2) is 5.60 Å². The molecule has 0 spiro atoms. The number of ether oxygens (including phenoxy) is 1. The largest absolute Gasteiger partial charge is 0.460 e. The number of hydrogen-bond donors (Lipinski definition) is 1. The van der Waals surface area contributed by atoms with Crippen LogP contribution in [0.1, 0.15) is 45.4 Å². The number of halogens is 7. The van der Waals surface area contributed by atoms with Crippen LogP contribution in [0, 0.1) is 0 Å². The van der Waals surface area contributed by atoms with Crippen molar-refractivity contribution in [1.29, 1.82) is 0 Å². The van der Waals surface area contributed by atoms with Crippen molar-refractivity contribution in [3.63, 3.8) is 0 Å². The fraction of sp³-hybridized carbons (Fsp3) is 0.923. The molecule has 0 aromatic heterocycles. The zero-order chi connectivity index (χ0) is 18.1. The van der Waals surface area contributed by atoms with E-state index in [9.17, 15) is 40.6 Å². The van der Waals surface area contributed by atoms with Gasteiger partial charge in [0.2, 0.25) is 0 Å². The topological polar surface area (TPSA) is 46.5 Å². The first kappa shape index (κ1) is 20.0. The van der Waals surface area contributed by atoms with Crippen molar-refractivity contribution in [2.75, 3.05) is 0 Å². The molecule has 0 saturated heterocycles. The van der Waals surface area contributed by atoms with Gasteiger partial charge in [-0.25, -0.2) is 4.79 Å².